The third-order valence-corrected chi connectivity index (χ3v) is 3.71. The number of carbonyl (C=O) groups excluding carboxylic acids is 1. The van der Waals surface area contributed by atoms with E-state index in [4.69, 9.17) is 14.2 Å². The van der Waals surface area contributed by atoms with E-state index >= 15 is 0 Å². The van der Waals surface area contributed by atoms with E-state index in [0.29, 0.717) is 25.5 Å². The minimum atomic E-state index is -0.925. The van der Waals surface area contributed by atoms with Gasteiger partial charge >= 0.3 is 6.09 Å². The number of halogens is 2. The number of amides is 1. The van der Waals surface area contributed by atoms with Crippen molar-refractivity contribution >= 4 is 6.09 Å². The van der Waals surface area contributed by atoms with Crippen LogP contribution in [0, 0.1) is 17.6 Å². The number of benzene rings is 1. The topological polar surface area (TPSA) is 56.8 Å². The number of rotatable bonds is 5. The lowest BCUT2D eigenvalue weighted by Gasteiger charge is -2.29. The van der Waals surface area contributed by atoms with Gasteiger partial charge in [0.15, 0.2) is 11.6 Å². The van der Waals surface area contributed by atoms with Gasteiger partial charge in [0.2, 0.25) is 0 Å². The summed E-state index contributed by atoms with van der Waals surface area (Å²) in [5.41, 5.74) is -0.528. The van der Waals surface area contributed by atoms with Gasteiger partial charge in [-0.2, -0.15) is 0 Å². The molecule has 1 aliphatic heterocycles. The van der Waals surface area contributed by atoms with E-state index in [1.807, 2.05) is 0 Å². The van der Waals surface area contributed by atoms with Crippen LogP contribution in [0.5, 0.6) is 5.75 Å². The van der Waals surface area contributed by atoms with Crippen molar-refractivity contribution in [2.45, 2.75) is 45.3 Å². The lowest BCUT2D eigenvalue weighted by molar-refractivity contribution is -0.0273. The van der Waals surface area contributed by atoms with Crippen molar-refractivity contribution in [2.75, 3.05) is 19.8 Å². The number of hydrogen-bond acceptors (Lipinski definition) is 4. The summed E-state index contributed by atoms with van der Waals surface area (Å²) < 4.78 is 42.4. The second-order valence-corrected chi connectivity index (χ2v) is 7.17. The highest BCUT2D eigenvalue weighted by atomic mass is 19.2. The van der Waals surface area contributed by atoms with Crippen LogP contribution in [0.25, 0.3) is 0 Å². The molecule has 140 valence electrons. The average molecular weight is 357 g/mol. The van der Waals surface area contributed by atoms with E-state index in [2.05, 4.69) is 5.32 Å². The Bertz CT molecular complexity index is 581. The summed E-state index contributed by atoms with van der Waals surface area (Å²) in [6, 6.07) is 3.47. The summed E-state index contributed by atoms with van der Waals surface area (Å²) in [6.07, 6.45) is 1.12. The Morgan fingerprint density at radius 3 is 2.64 bits per heavy atom. The average Bonchev–Trinajstić information content (AvgIpc) is 2.53. The Morgan fingerprint density at radius 1 is 1.28 bits per heavy atom. The number of hydrogen-bond donors (Lipinski definition) is 1. The summed E-state index contributed by atoms with van der Waals surface area (Å²) >= 11 is 0. The van der Waals surface area contributed by atoms with Crippen LogP contribution >= 0.6 is 0 Å². The normalized spacial score (nSPS) is 20.8. The van der Waals surface area contributed by atoms with Crippen LogP contribution in [0.1, 0.15) is 33.6 Å². The molecule has 1 aromatic carbocycles. The highest BCUT2D eigenvalue weighted by molar-refractivity contribution is 5.67. The van der Waals surface area contributed by atoms with Crippen LogP contribution in [-0.2, 0) is 9.47 Å². The van der Waals surface area contributed by atoms with E-state index in [0.717, 1.165) is 25.0 Å². The monoisotopic (exact) mass is 357 g/mol. The molecule has 0 aliphatic carbocycles. The first-order chi connectivity index (χ1) is 11.7. The van der Waals surface area contributed by atoms with Gasteiger partial charge in [-0.25, -0.2) is 13.6 Å². The lowest BCUT2D eigenvalue weighted by atomic mass is 9.99. The largest absolute Gasteiger partial charge is 0.493 e. The molecule has 25 heavy (non-hydrogen) atoms. The maximum Gasteiger partial charge on any atom is 0.407 e. The van der Waals surface area contributed by atoms with Gasteiger partial charge in [0.25, 0.3) is 0 Å². The zero-order valence-electron chi connectivity index (χ0n) is 14.8. The molecule has 7 heteroatoms. The third-order valence-electron chi connectivity index (χ3n) is 3.71. The molecule has 1 aromatic rings. The quantitative estimate of drug-likeness (QED) is 0.874. The van der Waals surface area contributed by atoms with Crippen molar-refractivity contribution in [3.05, 3.63) is 29.8 Å². The van der Waals surface area contributed by atoms with Crippen LogP contribution < -0.4 is 10.1 Å². The first kappa shape index (κ1) is 19.4. The van der Waals surface area contributed by atoms with Crippen LogP contribution in [0.3, 0.4) is 0 Å². The lowest BCUT2D eigenvalue weighted by Crippen LogP contribution is -2.40. The maximum absolute atomic E-state index is 13.1. The number of nitrogens with one attached hydrogen (secondary N) is 1. The number of ether oxygens (including phenoxy) is 3. The van der Waals surface area contributed by atoms with Gasteiger partial charge in [-0.3, -0.25) is 0 Å². The van der Waals surface area contributed by atoms with E-state index in [1.165, 1.54) is 6.07 Å². The maximum atomic E-state index is 13.1. The van der Waals surface area contributed by atoms with Crippen molar-refractivity contribution in [1.29, 1.82) is 0 Å². The van der Waals surface area contributed by atoms with Crippen LogP contribution in [-0.4, -0.2) is 37.6 Å². The predicted octanol–water partition coefficient (Wildman–Crippen LogP) is 3.66. The molecule has 5 nitrogen and oxygen atoms in total. The highest BCUT2D eigenvalue weighted by Gasteiger charge is 2.24. The highest BCUT2D eigenvalue weighted by Crippen LogP contribution is 2.21. The SMILES string of the molecule is CC(C)(C)OC(=O)NCC1CCC(COc2ccc(F)c(F)c2)CO1. The molecule has 1 heterocycles. The molecule has 1 amide bonds. The van der Waals surface area contributed by atoms with E-state index < -0.39 is 23.3 Å². The fraction of sp³-hybridized carbons (Fsp3) is 0.611. The van der Waals surface area contributed by atoms with Crippen LogP contribution in [0.15, 0.2) is 18.2 Å². The van der Waals surface area contributed by atoms with Gasteiger partial charge in [0, 0.05) is 18.5 Å². The van der Waals surface area contributed by atoms with Gasteiger partial charge in [0.05, 0.1) is 19.3 Å². The first-order valence-corrected chi connectivity index (χ1v) is 8.39. The smallest absolute Gasteiger partial charge is 0.407 e. The molecule has 0 aromatic heterocycles. The van der Waals surface area contributed by atoms with Crippen molar-refractivity contribution in [1.82, 2.24) is 5.32 Å². The second kappa shape index (κ2) is 8.47. The molecule has 1 saturated heterocycles. The first-order valence-electron chi connectivity index (χ1n) is 8.39. The number of alkyl carbamates (subject to hydrolysis) is 1. The van der Waals surface area contributed by atoms with Crippen LogP contribution in [0.4, 0.5) is 13.6 Å². The molecule has 2 atom stereocenters. The van der Waals surface area contributed by atoms with Gasteiger partial charge in [0.1, 0.15) is 11.4 Å². The van der Waals surface area contributed by atoms with E-state index in [9.17, 15) is 13.6 Å². The zero-order chi connectivity index (χ0) is 18.4. The molecule has 2 unspecified atom stereocenters. The Kier molecular flexibility index (Phi) is 6.58. The molecule has 0 spiro atoms. The predicted molar refractivity (Wildman–Crippen MR) is 88.6 cm³/mol. The summed E-state index contributed by atoms with van der Waals surface area (Å²) in [7, 11) is 0. The Morgan fingerprint density at radius 2 is 2.04 bits per heavy atom. The molecule has 2 rings (SSSR count). The fourth-order valence-corrected chi connectivity index (χ4v) is 2.44. The minimum absolute atomic E-state index is 0.0629. The van der Waals surface area contributed by atoms with E-state index in [1.54, 1.807) is 20.8 Å². The molecular formula is C18H25F2NO4. The fourth-order valence-electron chi connectivity index (χ4n) is 2.44. The van der Waals surface area contributed by atoms with Crippen LogP contribution in [0.2, 0.25) is 0 Å². The molecule has 0 saturated carbocycles. The Labute approximate surface area is 146 Å². The van der Waals surface area contributed by atoms with Gasteiger partial charge < -0.3 is 19.5 Å². The molecule has 1 aliphatic rings. The minimum Gasteiger partial charge on any atom is -0.493 e. The molecule has 0 bridgehead atoms. The number of carbonyl (C=O) groups is 1. The molecule has 0 radical (unpaired) electrons. The second-order valence-electron chi connectivity index (χ2n) is 7.17. The summed E-state index contributed by atoms with van der Waals surface area (Å²) in [4.78, 5) is 11.6. The van der Waals surface area contributed by atoms with Gasteiger partial charge in [-0.1, -0.05) is 0 Å². The Balaban J connectivity index is 1.66. The zero-order valence-corrected chi connectivity index (χ0v) is 14.8. The summed E-state index contributed by atoms with van der Waals surface area (Å²) in [5.74, 6) is -1.35. The van der Waals surface area contributed by atoms with Gasteiger partial charge in [-0.15, -0.1) is 0 Å². The molecule has 1 N–H and O–H groups in total. The van der Waals surface area contributed by atoms with Crippen molar-refractivity contribution < 1.29 is 27.8 Å². The standard InChI is InChI=1S/C18H25F2NO4/c1-18(2,3)25-17(22)21-9-14-5-4-12(11-24-14)10-23-13-6-7-15(19)16(20)8-13/h6-8,12,14H,4-5,9-11H2,1-3H3,(H,21,22). The van der Waals surface area contributed by atoms with Crippen molar-refractivity contribution in [3.63, 3.8) is 0 Å². The summed E-state index contributed by atoms with van der Waals surface area (Å²) in [6.45, 7) is 6.68. The van der Waals surface area contributed by atoms with E-state index in [-0.39, 0.29) is 12.0 Å². The van der Waals surface area contributed by atoms with Crippen molar-refractivity contribution in [3.8, 4) is 5.75 Å². The van der Waals surface area contributed by atoms with Gasteiger partial charge in [-0.05, 0) is 45.7 Å². The van der Waals surface area contributed by atoms with Crippen molar-refractivity contribution in [2.24, 2.45) is 5.92 Å². The Hall–Kier alpha value is -1.89. The third kappa shape index (κ3) is 6.86. The molecular weight excluding hydrogens is 332 g/mol. The summed E-state index contributed by atoms with van der Waals surface area (Å²) in [5, 5.41) is 2.70. The molecule has 1 fully saturated rings.